The Kier molecular flexibility index (Phi) is 8.32. The first kappa shape index (κ1) is 24.8. The summed E-state index contributed by atoms with van der Waals surface area (Å²) in [5.74, 6) is -0.292. The number of carbonyl (C=O) groups excluding carboxylic acids is 1. The average molecular weight is 505 g/mol. The summed E-state index contributed by atoms with van der Waals surface area (Å²) in [6, 6.07) is 12.1. The molecule has 9 heteroatoms. The number of anilines is 1. The van der Waals surface area contributed by atoms with Crippen molar-refractivity contribution in [3.05, 3.63) is 63.6 Å². The minimum absolute atomic E-state index is 0.115. The molecule has 0 spiro atoms. The molecule has 2 aliphatic heterocycles. The third-order valence-electron chi connectivity index (χ3n) is 6.56. The summed E-state index contributed by atoms with van der Waals surface area (Å²) in [7, 11) is 0. The summed E-state index contributed by atoms with van der Waals surface area (Å²) in [5, 5.41) is 12.9. The van der Waals surface area contributed by atoms with E-state index in [9.17, 15) is 9.59 Å². The molecule has 2 aromatic rings. The Balaban J connectivity index is 1.21. The molecule has 0 bridgehead atoms. The van der Waals surface area contributed by atoms with E-state index in [0.29, 0.717) is 40.3 Å². The van der Waals surface area contributed by atoms with Gasteiger partial charge in [-0.05, 0) is 61.2 Å². The van der Waals surface area contributed by atoms with Crippen molar-refractivity contribution in [2.75, 3.05) is 51.1 Å². The van der Waals surface area contributed by atoms with E-state index in [4.69, 9.17) is 28.3 Å². The third-order valence-corrected chi connectivity index (χ3v) is 7.30. The van der Waals surface area contributed by atoms with Crippen LogP contribution in [0.4, 0.5) is 10.5 Å². The van der Waals surface area contributed by atoms with Gasteiger partial charge in [-0.2, -0.15) is 0 Å². The molecule has 0 aromatic heterocycles. The topological polar surface area (TPSA) is 76.1 Å². The number of carboxylic acid groups (broad SMARTS) is 1. The molecule has 2 fully saturated rings. The zero-order chi connectivity index (χ0) is 24.1. The summed E-state index contributed by atoms with van der Waals surface area (Å²) >= 11 is 12.0. The van der Waals surface area contributed by atoms with Gasteiger partial charge in [-0.15, -0.1) is 0 Å². The normalized spacial score (nSPS) is 19.7. The number of hydrogen-bond acceptors (Lipinski definition) is 4. The zero-order valence-corrected chi connectivity index (χ0v) is 20.6. The van der Waals surface area contributed by atoms with Gasteiger partial charge in [0.25, 0.3) is 0 Å². The van der Waals surface area contributed by atoms with Crippen molar-refractivity contribution in [2.45, 2.75) is 19.4 Å². The van der Waals surface area contributed by atoms with Crippen LogP contribution in [-0.4, -0.2) is 77.6 Å². The lowest BCUT2D eigenvalue weighted by molar-refractivity contribution is 0.0697. The molecule has 0 unspecified atom stereocenters. The van der Waals surface area contributed by atoms with Crippen LogP contribution in [0.3, 0.4) is 0 Å². The van der Waals surface area contributed by atoms with Crippen molar-refractivity contribution in [3.63, 3.8) is 0 Å². The number of nitrogens with zero attached hydrogens (tertiary/aromatic N) is 3. The van der Waals surface area contributed by atoms with Gasteiger partial charge < -0.3 is 15.3 Å². The molecular weight excluding hydrogens is 475 g/mol. The third kappa shape index (κ3) is 6.63. The molecule has 2 aliphatic rings. The van der Waals surface area contributed by atoms with E-state index in [0.717, 1.165) is 44.8 Å². The molecule has 182 valence electrons. The molecule has 2 saturated heterocycles. The van der Waals surface area contributed by atoms with Crippen LogP contribution < -0.4 is 5.32 Å². The fraction of sp³-hybridized carbons (Fsp3) is 0.440. The number of amides is 2. The van der Waals surface area contributed by atoms with E-state index in [1.165, 1.54) is 12.8 Å². The van der Waals surface area contributed by atoms with Crippen molar-refractivity contribution in [1.29, 1.82) is 0 Å². The number of carbonyl (C=O) groups is 2. The number of urea groups is 1. The number of rotatable bonds is 6. The molecule has 2 amide bonds. The van der Waals surface area contributed by atoms with Crippen LogP contribution >= 0.6 is 23.2 Å². The van der Waals surface area contributed by atoms with Gasteiger partial charge in [-0.1, -0.05) is 35.3 Å². The number of piperidine rings is 1. The number of halogens is 2. The number of hydrogen-bond donors (Lipinski definition) is 2. The van der Waals surface area contributed by atoms with Gasteiger partial charge >= 0.3 is 12.0 Å². The predicted octanol–water partition coefficient (Wildman–Crippen LogP) is 4.75. The van der Waals surface area contributed by atoms with Crippen molar-refractivity contribution < 1.29 is 14.7 Å². The summed E-state index contributed by atoms with van der Waals surface area (Å²) in [5.41, 5.74) is 2.11. The number of likely N-dealkylation sites (tertiary alicyclic amines) is 1. The quantitative estimate of drug-likeness (QED) is 0.593. The van der Waals surface area contributed by atoms with Crippen LogP contribution in [0, 0.1) is 5.92 Å². The smallest absolute Gasteiger partial charge is 0.335 e. The Bertz CT molecular complexity index is 1010. The van der Waals surface area contributed by atoms with Gasteiger partial charge in [-0.3, -0.25) is 9.80 Å². The predicted molar refractivity (Wildman–Crippen MR) is 135 cm³/mol. The summed E-state index contributed by atoms with van der Waals surface area (Å²) in [6.07, 6.45) is 2.39. The second kappa shape index (κ2) is 11.4. The lowest BCUT2D eigenvalue weighted by Crippen LogP contribution is -2.52. The SMILES string of the molecule is O=C(O)c1ccc(CN2CCC[C@@H](CN3CCN(C(=O)Nc4ccc(Cl)c(Cl)c4)CC3)C2)cc1. The molecule has 0 saturated carbocycles. The van der Waals surface area contributed by atoms with E-state index in [2.05, 4.69) is 15.1 Å². The standard InChI is InChI=1S/C25H30Cl2N4O3/c26-22-8-7-21(14-23(22)27)28-25(34)31-12-10-29(11-13-31)16-19-2-1-9-30(17-19)15-18-3-5-20(6-4-18)24(32)33/h3-8,14,19H,1-2,9-13,15-17H2,(H,28,34)(H,32,33)/t19-/m0/s1. The van der Waals surface area contributed by atoms with Crippen LogP contribution in [0.5, 0.6) is 0 Å². The second-order valence-electron chi connectivity index (χ2n) is 9.09. The Labute approximate surface area is 210 Å². The molecule has 2 N–H and O–H groups in total. The van der Waals surface area contributed by atoms with E-state index in [1.807, 2.05) is 17.0 Å². The number of benzene rings is 2. The Morgan fingerprint density at radius 3 is 2.35 bits per heavy atom. The lowest BCUT2D eigenvalue weighted by atomic mass is 9.96. The van der Waals surface area contributed by atoms with Crippen LogP contribution in [0.2, 0.25) is 10.0 Å². The molecule has 4 rings (SSSR count). The summed E-state index contributed by atoms with van der Waals surface area (Å²) < 4.78 is 0. The van der Waals surface area contributed by atoms with Gasteiger partial charge in [0, 0.05) is 51.5 Å². The largest absolute Gasteiger partial charge is 0.478 e. The molecule has 2 heterocycles. The van der Waals surface area contributed by atoms with Crippen LogP contribution in [0.15, 0.2) is 42.5 Å². The molecule has 1 atom stereocenters. The summed E-state index contributed by atoms with van der Waals surface area (Å²) in [4.78, 5) is 30.4. The van der Waals surface area contributed by atoms with Gasteiger partial charge in [0.1, 0.15) is 0 Å². The zero-order valence-electron chi connectivity index (χ0n) is 19.1. The van der Waals surface area contributed by atoms with E-state index >= 15 is 0 Å². The molecule has 0 aliphatic carbocycles. The van der Waals surface area contributed by atoms with Crippen molar-refractivity contribution in [1.82, 2.24) is 14.7 Å². The molecule has 2 aromatic carbocycles. The maximum absolute atomic E-state index is 12.6. The minimum Gasteiger partial charge on any atom is -0.478 e. The van der Waals surface area contributed by atoms with Crippen LogP contribution in [-0.2, 0) is 6.54 Å². The Morgan fingerprint density at radius 2 is 1.68 bits per heavy atom. The number of aromatic carboxylic acids is 1. The Hall–Kier alpha value is -2.32. The second-order valence-corrected chi connectivity index (χ2v) is 9.91. The van der Waals surface area contributed by atoms with Gasteiger partial charge in [0.2, 0.25) is 0 Å². The average Bonchev–Trinajstić information content (AvgIpc) is 2.82. The highest BCUT2D eigenvalue weighted by atomic mass is 35.5. The van der Waals surface area contributed by atoms with Crippen LogP contribution in [0.1, 0.15) is 28.8 Å². The molecular formula is C25H30Cl2N4O3. The van der Waals surface area contributed by atoms with E-state index in [-0.39, 0.29) is 6.03 Å². The highest BCUT2D eigenvalue weighted by Crippen LogP contribution is 2.25. The first-order valence-electron chi connectivity index (χ1n) is 11.7. The van der Waals surface area contributed by atoms with Gasteiger partial charge in [0.05, 0.1) is 15.6 Å². The van der Waals surface area contributed by atoms with Crippen molar-refractivity contribution in [3.8, 4) is 0 Å². The summed E-state index contributed by atoms with van der Waals surface area (Å²) in [6.45, 7) is 7.11. The lowest BCUT2D eigenvalue weighted by Gasteiger charge is -2.39. The van der Waals surface area contributed by atoms with E-state index < -0.39 is 5.97 Å². The Morgan fingerprint density at radius 1 is 0.941 bits per heavy atom. The monoisotopic (exact) mass is 504 g/mol. The van der Waals surface area contributed by atoms with Gasteiger partial charge in [-0.25, -0.2) is 9.59 Å². The highest BCUT2D eigenvalue weighted by molar-refractivity contribution is 6.42. The first-order valence-corrected chi connectivity index (χ1v) is 12.4. The molecule has 34 heavy (non-hydrogen) atoms. The first-order chi connectivity index (χ1) is 16.4. The van der Waals surface area contributed by atoms with Crippen LogP contribution in [0.25, 0.3) is 0 Å². The molecule has 7 nitrogen and oxygen atoms in total. The maximum atomic E-state index is 12.6. The minimum atomic E-state index is -0.892. The maximum Gasteiger partial charge on any atom is 0.335 e. The fourth-order valence-electron chi connectivity index (χ4n) is 4.73. The fourth-order valence-corrected chi connectivity index (χ4v) is 5.03. The number of nitrogens with one attached hydrogen (secondary N) is 1. The van der Waals surface area contributed by atoms with E-state index in [1.54, 1.807) is 30.3 Å². The van der Waals surface area contributed by atoms with Gasteiger partial charge in [0.15, 0.2) is 0 Å². The number of carboxylic acids is 1. The molecule has 0 radical (unpaired) electrons. The number of piperazine rings is 1. The highest BCUT2D eigenvalue weighted by Gasteiger charge is 2.26. The van der Waals surface area contributed by atoms with Crippen molar-refractivity contribution in [2.24, 2.45) is 5.92 Å². The van der Waals surface area contributed by atoms with Crippen molar-refractivity contribution >= 4 is 40.9 Å².